The van der Waals surface area contributed by atoms with Crippen molar-refractivity contribution in [3.05, 3.63) is 44.4 Å². The third-order valence-electron chi connectivity index (χ3n) is 2.80. The zero-order chi connectivity index (χ0) is 16.4. The Labute approximate surface area is 141 Å². The Morgan fingerprint density at radius 2 is 1.91 bits per heavy atom. The largest absolute Gasteiger partial charge is 0.344 e. The second kappa shape index (κ2) is 6.64. The van der Waals surface area contributed by atoms with E-state index >= 15 is 0 Å². The van der Waals surface area contributed by atoms with Crippen molar-refractivity contribution in [2.75, 3.05) is 19.4 Å². The topological polar surface area (TPSA) is 62.3 Å². The molecule has 2 aromatic rings. The molecule has 22 heavy (non-hydrogen) atoms. The maximum atomic E-state index is 12.2. The van der Waals surface area contributed by atoms with Crippen molar-refractivity contribution in [2.24, 2.45) is 0 Å². The number of carbonyl (C=O) groups is 2. The lowest BCUT2D eigenvalue weighted by Gasteiger charge is -2.07. The van der Waals surface area contributed by atoms with Crippen LogP contribution in [0.4, 0.5) is 5.13 Å². The summed E-state index contributed by atoms with van der Waals surface area (Å²) in [5.41, 5.74) is 0.941. The maximum Gasteiger partial charge on any atom is 0.265 e. The fraction of sp³-hybridized carbons (Fsp3) is 0.214. The Kier molecular flexibility index (Phi) is 5.05. The van der Waals surface area contributed by atoms with E-state index in [0.29, 0.717) is 31.3 Å². The van der Waals surface area contributed by atoms with Crippen LogP contribution in [0.2, 0.25) is 10.0 Å². The summed E-state index contributed by atoms with van der Waals surface area (Å²) in [7, 11) is 3.32. The second-order valence-corrected chi connectivity index (χ2v) is 6.53. The van der Waals surface area contributed by atoms with Gasteiger partial charge in [0.15, 0.2) is 5.13 Å². The highest BCUT2D eigenvalue weighted by molar-refractivity contribution is 7.17. The van der Waals surface area contributed by atoms with Crippen molar-refractivity contribution in [1.29, 1.82) is 0 Å². The van der Waals surface area contributed by atoms with E-state index in [1.165, 1.54) is 11.0 Å². The van der Waals surface area contributed by atoms with E-state index in [1.54, 1.807) is 33.2 Å². The number of hydrogen-bond donors (Lipinski definition) is 1. The van der Waals surface area contributed by atoms with Crippen LogP contribution in [0.25, 0.3) is 0 Å². The molecule has 0 saturated heterocycles. The van der Waals surface area contributed by atoms with Gasteiger partial charge in [-0.1, -0.05) is 34.5 Å². The van der Waals surface area contributed by atoms with E-state index in [1.807, 2.05) is 0 Å². The Hall–Kier alpha value is -1.63. The predicted octanol–water partition coefficient (Wildman–Crippen LogP) is 3.71. The van der Waals surface area contributed by atoms with Crippen molar-refractivity contribution >= 4 is 51.5 Å². The summed E-state index contributed by atoms with van der Waals surface area (Å²) in [6.45, 7) is 1.72. The molecule has 116 valence electrons. The van der Waals surface area contributed by atoms with Crippen molar-refractivity contribution in [1.82, 2.24) is 9.88 Å². The smallest absolute Gasteiger partial charge is 0.265 e. The molecule has 0 atom stereocenters. The van der Waals surface area contributed by atoms with Gasteiger partial charge in [0, 0.05) is 19.7 Å². The first kappa shape index (κ1) is 16.7. The third-order valence-corrected chi connectivity index (χ3v) is 4.60. The SMILES string of the molecule is Cc1nc(NC(=O)c2ccc(Cl)c(Cl)c2)sc1C(=O)N(C)C. The highest BCUT2D eigenvalue weighted by Crippen LogP contribution is 2.26. The van der Waals surface area contributed by atoms with E-state index in [4.69, 9.17) is 23.2 Å². The maximum absolute atomic E-state index is 12.2. The number of thiazole rings is 1. The van der Waals surface area contributed by atoms with Crippen LogP contribution in [0, 0.1) is 6.92 Å². The fourth-order valence-corrected chi connectivity index (χ4v) is 2.94. The van der Waals surface area contributed by atoms with Crippen molar-refractivity contribution in [3.63, 3.8) is 0 Å². The van der Waals surface area contributed by atoms with Crippen LogP contribution in [0.3, 0.4) is 0 Å². The van der Waals surface area contributed by atoms with Gasteiger partial charge in [-0.05, 0) is 25.1 Å². The molecule has 0 radical (unpaired) electrons. The molecule has 0 aliphatic carbocycles. The molecular weight excluding hydrogens is 345 g/mol. The van der Waals surface area contributed by atoms with Crippen LogP contribution in [0.15, 0.2) is 18.2 Å². The Morgan fingerprint density at radius 1 is 1.23 bits per heavy atom. The lowest BCUT2D eigenvalue weighted by molar-refractivity contribution is 0.0831. The molecule has 2 rings (SSSR count). The first-order chi connectivity index (χ1) is 10.3. The van der Waals surface area contributed by atoms with Crippen molar-refractivity contribution < 1.29 is 9.59 Å². The predicted molar refractivity (Wildman–Crippen MR) is 89.3 cm³/mol. The van der Waals surface area contributed by atoms with Gasteiger partial charge in [-0.15, -0.1) is 0 Å². The average Bonchev–Trinajstić information content (AvgIpc) is 2.81. The van der Waals surface area contributed by atoms with Gasteiger partial charge in [-0.25, -0.2) is 4.98 Å². The lowest BCUT2D eigenvalue weighted by Crippen LogP contribution is -2.21. The number of nitrogens with one attached hydrogen (secondary N) is 1. The molecule has 5 nitrogen and oxygen atoms in total. The molecule has 1 heterocycles. The first-order valence-corrected chi connectivity index (χ1v) is 7.82. The average molecular weight is 358 g/mol. The number of anilines is 1. The van der Waals surface area contributed by atoms with Gasteiger partial charge in [0.25, 0.3) is 11.8 Å². The molecule has 1 aromatic carbocycles. The number of nitrogens with zero attached hydrogens (tertiary/aromatic N) is 2. The number of rotatable bonds is 3. The highest BCUT2D eigenvalue weighted by atomic mass is 35.5. The van der Waals surface area contributed by atoms with Crippen LogP contribution in [0.5, 0.6) is 0 Å². The van der Waals surface area contributed by atoms with Gasteiger partial charge in [-0.2, -0.15) is 0 Å². The molecule has 0 saturated carbocycles. The minimum absolute atomic E-state index is 0.148. The Morgan fingerprint density at radius 3 is 2.50 bits per heavy atom. The Balaban J connectivity index is 2.20. The van der Waals surface area contributed by atoms with Crippen LogP contribution in [0.1, 0.15) is 25.7 Å². The standard InChI is InChI=1S/C14H13Cl2N3O2S/c1-7-11(13(21)19(2)3)22-14(17-7)18-12(20)8-4-5-9(15)10(16)6-8/h4-6H,1-3H3,(H,17,18,20). The molecule has 1 N–H and O–H groups in total. The summed E-state index contributed by atoms with van der Waals surface area (Å²) in [6.07, 6.45) is 0. The van der Waals surface area contributed by atoms with Crippen LogP contribution < -0.4 is 5.32 Å². The minimum Gasteiger partial charge on any atom is -0.344 e. The van der Waals surface area contributed by atoms with Gasteiger partial charge in [0.1, 0.15) is 4.88 Å². The molecule has 0 spiro atoms. The third kappa shape index (κ3) is 3.58. The molecule has 0 unspecified atom stereocenters. The summed E-state index contributed by atoms with van der Waals surface area (Å²) < 4.78 is 0. The minimum atomic E-state index is -0.365. The summed E-state index contributed by atoms with van der Waals surface area (Å²) in [4.78, 5) is 30.3. The van der Waals surface area contributed by atoms with Gasteiger partial charge in [0.05, 0.1) is 15.7 Å². The van der Waals surface area contributed by atoms with E-state index in [-0.39, 0.29) is 11.8 Å². The highest BCUT2D eigenvalue weighted by Gasteiger charge is 2.18. The van der Waals surface area contributed by atoms with E-state index in [9.17, 15) is 9.59 Å². The van der Waals surface area contributed by atoms with Crippen LogP contribution in [-0.2, 0) is 0 Å². The quantitative estimate of drug-likeness (QED) is 0.910. The van der Waals surface area contributed by atoms with E-state index in [0.717, 1.165) is 11.3 Å². The number of carbonyl (C=O) groups excluding carboxylic acids is 2. The summed E-state index contributed by atoms with van der Waals surface area (Å²) in [6, 6.07) is 4.59. The lowest BCUT2D eigenvalue weighted by atomic mass is 10.2. The normalized spacial score (nSPS) is 10.4. The van der Waals surface area contributed by atoms with Gasteiger partial charge < -0.3 is 4.90 Å². The zero-order valence-electron chi connectivity index (χ0n) is 12.1. The van der Waals surface area contributed by atoms with Crippen molar-refractivity contribution in [3.8, 4) is 0 Å². The van der Waals surface area contributed by atoms with Gasteiger partial charge in [0.2, 0.25) is 0 Å². The Bertz CT molecular complexity index is 744. The van der Waals surface area contributed by atoms with Gasteiger partial charge >= 0.3 is 0 Å². The molecule has 0 fully saturated rings. The molecular formula is C14H13Cl2N3O2S. The van der Waals surface area contributed by atoms with Crippen LogP contribution >= 0.6 is 34.5 Å². The van der Waals surface area contributed by atoms with Crippen LogP contribution in [-0.4, -0.2) is 35.8 Å². The fourth-order valence-electron chi connectivity index (χ4n) is 1.66. The molecule has 2 amide bonds. The molecule has 0 aliphatic heterocycles. The summed E-state index contributed by atoms with van der Waals surface area (Å²) >= 11 is 12.8. The number of hydrogen-bond acceptors (Lipinski definition) is 4. The van der Waals surface area contributed by atoms with E-state index < -0.39 is 0 Å². The summed E-state index contributed by atoms with van der Waals surface area (Å²) in [5.74, 6) is -0.513. The number of benzene rings is 1. The first-order valence-electron chi connectivity index (χ1n) is 6.25. The van der Waals surface area contributed by atoms with Crippen molar-refractivity contribution in [2.45, 2.75) is 6.92 Å². The van der Waals surface area contributed by atoms with E-state index in [2.05, 4.69) is 10.3 Å². The number of amides is 2. The molecule has 8 heteroatoms. The molecule has 0 bridgehead atoms. The molecule has 1 aromatic heterocycles. The second-order valence-electron chi connectivity index (χ2n) is 4.72. The number of aryl methyl sites for hydroxylation is 1. The molecule has 0 aliphatic rings. The zero-order valence-corrected chi connectivity index (χ0v) is 14.4. The number of aromatic nitrogens is 1. The monoisotopic (exact) mass is 357 g/mol. The van der Waals surface area contributed by atoms with Gasteiger partial charge in [-0.3, -0.25) is 14.9 Å². The number of halogens is 2. The summed E-state index contributed by atoms with van der Waals surface area (Å²) in [5, 5.41) is 3.69.